The lowest BCUT2D eigenvalue weighted by atomic mass is 10.0. The third-order valence-corrected chi connectivity index (χ3v) is 9.16. The molecule has 0 amide bonds. The van der Waals surface area contributed by atoms with Gasteiger partial charge in [-0.05, 0) is 59.8 Å². The van der Waals surface area contributed by atoms with E-state index in [1.165, 1.54) is 11.6 Å². The van der Waals surface area contributed by atoms with Crippen LogP contribution in [-0.4, -0.2) is 29.4 Å². The van der Waals surface area contributed by atoms with Gasteiger partial charge < -0.3 is 9.30 Å². The number of methoxy groups -OCH3 is 1. The minimum atomic E-state index is -0.242. The fourth-order valence-corrected chi connectivity index (χ4v) is 6.86. The van der Waals surface area contributed by atoms with Gasteiger partial charge in [0.1, 0.15) is 16.4 Å². The number of hydrogen-bond donors (Lipinski definition) is 0. The summed E-state index contributed by atoms with van der Waals surface area (Å²) < 4.78 is 22.2. The number of thioether (sulfide) groups is 1. The van der Waals surface area contributed by atoms with Crippen molar-refractivity contribution >= 4 is 45.7 Å². The minimum absolute atomic E-state index is 0. The zero-order valence-electron chi connectivity index (χ0n) is 23.4. The monoisotopic (exact) mass is 608 g/mol. The first kappa shape index (κ1) is 30.8. The molecule has 41 heavy (non-hydrogen) atoms. The first-order chi connectivity index (χ1) is 19.5. The van der Waals surface area contributed by atoms with Crippen LogP contribution in [0.2, 0.25) is 0 Å². The number of benzene rings is 3. The predicted octanol–water partition coefficient (Wildman–Crippen LogP) is 8.23. The summed E-state index contributed by atoms with van der Waals surface area (Å²) >= 11 is 3.33. The fraction of sp³-hybridized carbons (Fsp3) is 0.242. The fourth-order valence-electron chi connectivity index (χ4n) is 4.94. The van der Waals surface area contributed by atoms with Gasteiger partial charge in [-0.1, -0.05) is 55.5 Å². The molecule has 0 atom stereocenters. The van der Waals surface area contributed by atoms with Crippen LogP contribution in [0.15, 0.2) is 89.9 Å². The highest BCUT2D eigenvalue weighted by Gasteiger charge is 2.22. The number of ether oxygens (including phenoxy) is 1. The lowest BCUT2D eigenvalue weighted by Crippen LogP contribution is -2.20. The van der Waals surface area contributed by atoms with E-state index in [4.69, 9.17) is 4.74 Å². The number of thiophene rings is 1. The van der Waals surface area contributed by atoms with Crippen molar-refractivity contribution in [3.05, 3.63) is 123 Å². The Balaban J connectivity index is 0.00000387. The highest BCUT2D eigenvalue weighted by atomic mass is 35.5. The molecule has 0 bridgehead atoms. The van der Waals surface area contributed by atoms with Crippen molar-refractivity contribution in [2.75, 3.05) is 19.9 Å². The summed E-state index contributed by atoms with van der Waals surface area (Å²) in [5, 5.41) is 0.737. The lowest BCUT2D eigenvalue weighted by molar-refractivity contribution is 0.321. The van der Waals surface area contributed by atoms with Crippen LogP contribution >= 0.6 is 35.5 Å². The number of nitrogens with zero attached hydrogens (tertiary/aromatic N) is 2. The normalized spacial score (nSPS) is 11.1. The molecule has 8 heteroatoms. The Morgan fingerprint density at radius 1 is 0.951 bits per heavy atom. The molecule has 2 heterocycles. The van der Waals surface area contributed by atoms with E-state index in [9.17, 15) is 9.18 Å². The van der Waals surface area contributed by atoms with E-state index in [1.807, 2.05) is 60.8 Å². The number of fused-ring (bicyclic) bond motifs is 1. The van der Waals surface area contributed by atoms with Gasteiger partial charge >= 0.3 is 0 Å². The van der Waals surface area contributed by atoms with E-state index in [1.54, 1.807) is 36.3 Å². The summed E-state index contributed by atoms with van der Waals surface area (Å²) in [6.45, 7) is 3.82. The van der Waals surface area contributed by atoms with E-state index >= 15 is 0 Å². The quantitative estimate of drug-likeness (QED) is 0.151. The van der Waals surface area contributed by atoms with Crippen molar-refractivity contribution in [3.8, 4) is 16.2 Å². The van der Waals surface area contributed by atoms with Gasteiger partial charge in [0.2, 0.25) is 0 Å². The van der Waals surface area contributed by atoms with Crippen LogP contribution in [-0.2, 0) is 25.4 Å². The molecule has 2 aromatic heterocycles. The number of pyridine rings is 1. The summed E-state index contributed by atoms with van der Waals surface area (Å²) in [4.78, 5) is 18.2. The predicted molar refractivity (Wildman–Crippen MR) is 174 cm³/mol. The molecular weight excluding hydrogens is 575 g/mol. The molecule has 3 aromatic carbocycles. The second-order valence-electron chi connectivity index (χ2n) is 9.82. The van der Waals surface area contributed by atoms with Gasteiger partial charge in [0, 0.05) is 41.0 Å². The first-order valence-electron chi connectivity index (χ1n) is 13.3. The smallest absolute Gasteiger partial charge is 0.194 e. The highest BCUT2D eigenvalue weighted by Crippen LogP contribution is 2.39. The molecule has 4 nitrogen and oxygen atoms in total. The number of aromatic nitrogens is 1. The maximum Gasteiger partial charge on any atom is 0.194 e. The van der Waals surface area contributed by atoms with E-state index in [0.717, 1.165) is 49.8 Å². The van der Waals surface area contributed by atoms with Gasteiger partial charge in [-0.3, -0.25) is 9.69 Å². The summed E-state index contributed by atoms with van der Waals surface area (Å²) in [6.07, 6.45) is 1.94. The van der Waals surface area contributed by atoms with Gasteiger partial charge in [0.15, 0.2) is 5.43 Å². The third-order valence-electron chi connectivity index (χ3n) is 6.92. The van der Waals surface area contributed by atoms with Gasteiger partial charge in [-0.2, -0.15) is 11.8 Å². The minimum Gasteiger partial charge on any atom is -0.497 e. The Kier molecular flexibility index (Phi) is 10.7. The SMILES string of the molecule is CCSCc1cn(Cc2ccccc2F)c2sc(-c3ccc(OC)cc3)c(CN(C)Cc3ccccc3)c2c1=O.Cl. The molecule has 0 aliphatic carbocycles. The van der Waals surface area contributed by atoms with E-state index < -0.39 is 0 Å². The summed E-state index contributed by atoms with van der Waals surface area (Å²) in [7, 11) is 3.74. The molecule has 5 rings (SSSR count). The maximum absolute atomic E-state index is 14.8. The molecule has 0 aliphatic heterocycles. The van der Waals surface area contributed by atoms with Crippen molar-refractivity contribution in [2.45, 2.75) is 32.3 Å². The van der Waals surface area contributed by atoms with Crippen LogP contribution in [0.3, 0.4) is 0 Å². The highest BCUT2D eigenvalue weighted by molar-refractivity contribution is 7.98. The Morgan fingerprint density at radius 3 is 2.34 bits per heavy atom. The average Bonchev–Trinajstić information content (AvgIpc) is 3.35. The van der Waals surface area contributed by atoms with Gasteiger partial charge in [0.05, 0.1) is 19.0 Å². The standard InChI is InChI=1S/C33H33FN2O2S2.ClH/c1-4-39-22-26-20-36(19-25-12-8-9-13-29(25)34)33-30(31(26)37)28(21-35(2)18-23-10-6-5-7-11-23)32(40-33)24-14-16-27(38-3)17-15-24;/h5-17,20H,4,18-19,21-22H2,1-3H3;1H. The number of halogens is 2. The Bertz CT molecular complexity index is 1650. The molecule has 0 saturated heterocycles. The molecule has 214 valence electrons. The summed E-state index contributed by atoms with van der Waals surface area (Å²) in [5.74, 6) is 2.08. The second kappa shape index (κ2) is 14.2. The van der Waals surface area contributed by atoms with Crippen LogP contribution in [0, 0.1) is 5.82 Å². The van der Waals surface area contributed by atoms with Gasteiger partial charge in [0.25, 0.3) is 0 Å². The van der Waals surface area contributed by atoms with E-state index in [0.29, 0.717) is 24.4 Å². The molecule has 0 saturated carbocycles. The van der Waals surface area contributed by atoms with Crippen LogP contribution < -0.4 is 10.2 Å². The zero-order chi connectivity index (χ0) is 28.1. The molecule has 0 radical (unpaired) electrons. The van der Waals surface area contributed by atoms with Gasteiger partial charge in [-0.15, -0.1) is 23.7 Å². The van der Waals surface area contributed by atoms with Crippen LogP contribution in [0.4, 0.5) is 4.39 Å². The van der Waals surface area contributed by atoms with Crippen LogP contribution in [0.25, 0.3) is 20.7 Å². The molecule has 0 aliphatic rings. The van der Waals surface area contributed by atoms with Crippen LogP contribution in [0.5, 0.6) is 5.75 Å². The van der Waals surface area contributed by atoms with Crippen molar-refractivity contribution in [2.24, 2.45) is 0 Å². The second-order valence-corrected chi connectivity index (χ2v) is 12.1. The zero-order valence-corrected chi connectivity index (χ0v) is 25.9. The Morgan fingerprint density at radius 2 is 1.66 bits per heavy atom. The topological polar surface area (TPSA) is 34.5 Å². The third kappa shape index (κ3) is 7.04. The summed E-state index contributed by atoms with van der Waals surface area (Å²) in [5.41, 5.74) is 4.68. The van der Waals surface area contributed by atoms with Crippen molar-refractivity contribution < 1.29 is 9.13 Å². The van der Waals surface area contributed by atoms with Crippen molar-refractivity contribution in [1.29, 1.82) is 0 Å². The largest absolute Gasteiger partial charge is 0.497 e. The first-order valence-corrected chi connectivity index (χ1v) is 15.3. The molecule has 0 spiro atoms. The lowest BCUT2D eigenvalue weighted by Gasteiger charge is -2.18. The Hall–Kier alpha value is -3.10. The van der Waals surface area contributed by atoms with Gasteiger partial charge in [-0.25, -0.2) is 4.39 Å². The number of hydrogen-bond acceptors (Lipinski definition) is 5. The van der Waals surface area contributed by atoms with Crippen LogP contribution in [0.1, 0.15) is 29.2 Å². The van der Waals surface area contributed by atoms with E-state index in [-0.39, 0.29) is 23.7 Å². The molecule has 0 unspecified atom stereocenters. The van der Waals surface area contributed by atoms with Crippen molar-refractivity contribution in [1.82, 2.24) is 9.47 Å². The number of rotatable bonds is 11. The Labute approximate surface area is 255 Å². The molecular formula is C33H34ClFN2O2S2. The van der Waals surface area contributed by atoms with E-state index in [2.05, 4.69) is 35.6 Å². The summed E-state index contributed by atoms with van der Waals surface area (Å²) in [6, 6.07) is 25.2. The molecule has 0 fully saturated rings. The average molecular weight is 609 g/mol. The molecule has 5 aromatic rings. The van der Waals surface area contributed by atoms with Crippen molar-refractivity contribution in [3.63, 3.8) is 0 Å². The molecule has 0 N–H and O–H groups in total. The maximum atomic E-state index is 14.8.